The van der Waals surface area contributed by atoms with E-state index in [0.717, 1.165) is 10.7 Å². The minimum absolute atomic E-state index is 0.0132. The van der Waals surface area contributed by atoms with Gasteiger partial charge in [-0.1, -0.05) is 29.8 Å². The average Bonchev–Trinajstić information content (AvgIpc) is 3.39. The number of likely N-dealkylation sites (tertiary alicyclic amines) is 1. The molecule has 3 N–H and O–H groups in total. The second-order valence-corrected chi connectivity index (χ2v) is 8.92. The largest absolute Gasteiger partial charge is 0.436 e. The molecule has 2 aromatic carbocycles. The van der Waals surface area contributed by atoms with Gasteiger partial charge >= 0.3 is 12.3 Å². The molecule has 188 valence electrons. The summed E-state index contributed by atoms with van der Waals surface area (Å²) in [5.41, 5.74) is 3.67. The molecule has 2 aliphatic heterocycles. The lowest BCUT2D eigenvalue weighted by molar-refractivity contribution is -0.137. The molecule has 36 heavy (non-hydrogen) atoms. The number of nitrogens with two attached hydrogens (primary N) is 1. The SMILES string of the molecule is Nc1cc(-c2ccccc2C(F)(F)F)nn1CC(=O)N1CC[C@@]2(C1)OC(=O)Nc1ccc(Cl)c(F)c12. The third kappa shape index (κ3) is 4.00. The molecule has 0 saturated carbocycles. The van der Waals surface area contributed by atoms with E-state index in [4.69, 9.17) is 22.1 Å². The highest BCUT2D eigenvalue weighted by Gasteiger charge is 2.50. The summed E-state index contributed by atoms with van der Waals surface area (Å²) in [7, 11) is 0. The molecule has 13 heteroatoms. The van der Waals surface area contributed by atoms with Crippen molar-refractivity contribution in [3.05, 3.63) is 64.4 Å². The third-order valence-electron chi connectivity index (χ3n) is 6.26. The van der Waals surface area contributed by atoms with Crippen LogP contribution >= 0.6 is 11.6 Å². The van der Waals surface area contributed by atoms with Crippen LogP contribution in [0.2, 0.25) is 5.02 Å². The molecule has 8 nitrogen and oxygen atoms in total. The minimum atomic E-state index is -4.60. The van der Waals surface area contributed by atoms with E-state index in [-0.39, 0.29) is 59.4 Å². The number of carbonyl (C=O) groups is 2. The van der Waals surface area contributed by atoms with Crippen molar-refractivity contribution in [2.75, 3.05) is 24.1 Å². The van der Waals surface area contributed by atoms with Crippen molar-refractivity contribution in [3.63, 3.8) is 0 Å². The molecule has 2 aliphatic rings. The summed E-state index contributed by atoms with van der Waals surface area (Å²) in [6.07, 6.45) is -5.27. The summed E-state index contributed by atoms with van der Waals surface area (Å²) in [6.45, 7) is -0.399. The van der Waals surface area contributed by atoms with E-state index in [1.54, 1.807) is 0 Å². The van der Waals surface area contributed by atoms with Crippen molar-refractivity contribution in [3.8, 4) is 11.3 Å². The van der Waals surface area contributed by atoms with Crippen molar-refractivity contribution >= 4 is 35.1 Å². The number of anilines is 2. The highest BCUT2D eigenvalue weighted by atomic mass is 35.5. The highest BCUT2D eigenvalue weighted by molar-refractivity contribution is 6.31. The van der Waals surface area contributed by atoms with E-state index in [0.29, 0.717) is 0 Å². The lowest BCUT2D eigenvalue weighted by Gasteiger charge is -2.35. The fourth-order valence-corrected chi connectivity index (χ4v) is 4.78. The van der Waals surface area contributed by atoms with Crippen molar-refractivity contribution in [2.24, 2.45) is 0 Å². The zero-order valence-electron chi connectivity index (χ0n) is 18.4. The van der Waals surface area contributed by atoms with Gasteiger partial charge < -0.3 is 15.4 Å². The third-order valence-corrected chi connectivity index (χ3v) is 6.56. The van der Waals surface area contributed by atoms with Crippen LogP contribution in [0.1, 0.15) is 17.5 Å². The van der Waals surface area contributed by atoms with Crippen LogP contribution in [-0.4, -0.2) is 39.8 Å². The van der Waals surface area contributed by atoms with Gasteiger partial charge in [0.25, 0.3) is 0 Å². The van der Waals surface area contributed by atoms with Gasteiger partial charge in [-0.25, -0.2) is 13.9 Å². The van der Waals surface area contributed by atoms with Gasteiger partial charge in [0.15, 0.2) is 11.4 Å². The van der Waals surface area contributed by atoms with Gasteiger partial charge in [0.05, 0.1) is 34.1 Å². The van der Waals surface area contributed by atoms with E-state index < -0.39 is 35.2 Å². The number of nitrogens with one attached hydrogen (secondary N) is 1. The maximum Gasteiger partial charge on any atom is 0.417 e. The van der Waals surface area contributed by atoms with E-state index in [9.17, 15) is 27.2 Å². The topological polar surface area (TPSA) is 102 Å². The standard InChI is InChI=1S/C23H18ClF4N5O3/c24-14-5-6-15-19(20(14)25)22(36-21(35)30-15)7-8-32(11-22)18(34)10-33-17(29)9-16(31-33)12-3-1-2-4-13(12)23(26,27)28/h1-6,9H,7-8,10-11,29H2,(H,30,35)/t22-/m0/s1. The van der Waals surface area contributed by atoms with Gasteiger partial charge in [-0.2, -0.15) is 18.3 Å². The normalized spacial score (nSPS) is 19.2. The van der Waals surface area contributed by atoms with Gasteiger partial charge in [-0.15, -0.1) is 0 Å². The predicted octanol–water partition coefficient (Wildman–Crippen LogP) is 4.63. The lowest BCUT2D eigenvalue weighted by atomic mass is 9.89. The number of hydrogen-bond acceptors (Lipinski definition) is 5. The Kier molecular flexibility index (Phi) is 5.58. The molecule has 1 spiro atoms. The van der Waals surface area contributed by atoms with Crippen LogP contribution in [0.5, 0.6) is 0 Å². The summed E-state index contributed by atoms with van der Waals surface area (Å²) in [4.78, 5) is 26.5. The lowest BCUT2D eigenvalue weighted by Crippen LogP contribution is -2.44. The number of aromatic nitrogens is 2. The van der Waals surface area contributed by atoms with Gasteiger partial charge in [-0.05, 0) is 18.2 Å². The molecule has 0 unspecified atom stereocenters. The summed E-state index contributed by atoms with van der Waals surface area (Å²) in [6, 6.07) is 8.93. The minimum Gasteiger partial charge on any atom is -0.436 e. The number of amides is 2. The summed E-state index contributed by atoms with van der Waals surface area (Å²) < 4.78 is 61.7. The smallest absolute Gasteiger partial charge is 0.417 e. The Morgan fingerprint density at radius 3 is 2.75 bits per heavy atom. The second-order valence-electron chi connectivity index (χ2n) is 8.51. The first-order valence-corrected chi connectivity index (χ1v) is 11.1. The van der Waals surface area contributed by atoms with Crippen LogP contribution in [0.15, 0.2) is 42.5 Å². The molecule has 0 bridgehead atoms. The first kappa shape index (κ1) is 23.9. The number of carbonyl (C=O) groups excluding carboxylic acids is 2. The summed E-state index contributed by atoms with van der Waals surface area (Å²) in [5.74, 6) is -1.26. The maximum absolute atomic E-state index is 14.9. The molecule has 2 amide bonds. The Morgan fingerprint density at radius 2 is 2.00 bits per heavy atom. The zero-order chi connectivity index (χ0) is 25.8. The molecular weight excluding hydrogens is 506 g/mol. The van der Waals surface area contributed by atoms with Gasteiger partial charge in [0, 0.05) is 24.6 Å². The summed E-state index contributed by atoms with van der Waals surface area (Å²) >= 11 is 5.94. The molecule has 1 fully saturated rings. The van der Waals surface area contributed by atoms with Crippen LogP contribution in [0.3, 0.4) is 0 Å². The van der Waals surface area contributed by atoms with E-state index >= 15 is 0 Å². The zero-order valence-corrected chi connectivity index (χ0v) is 19.2. The second kappa shape index (κ2) is 8.40. The number of nitrogen functional groups attached to an aromatic ring is 1. The van der Waals surface area contributed by atoms with Gasteiger partial charge in [0.1, 0.15) is 12.4 Å². The Labute approximate surface area is 206 Å². The Hall–Kier alpha value is -3.80. The van der Waals surface area contributed by atoms with Crippen molar-refractivity contribution in [2.45, 2.75) is 24.7 Å². The van der Waals surface area contributed by atoms with E-state index in [1.165, 1.54) is 41.3 Å². The molecule has 5 rings (SSSR count). The van der Waals surface area contributed by atoms with Crippen LogP contribution in [0, 0.1) is 5.82 Å². The van der Waals surface area contributed by atoms with Crippen LogP contribution in [0.4, 0.5) is 33.9 Å². The molecule has 0 radical (unpaired) electrons. The molecule has 0 aliphatic carbocycles. The Bertz CT molecular complexity index is 1390. The molecule has 1 saturated heterocycles. The average molecular weight is 524 g/mol. The molecular formula is C23H18ClF4N5O3. The number of ether oxygens (including phenoxy) is 1. The Balaban J connectivity index is 1.39. The molecule has 3 aromatic rings. The number of rotatable bonds is 3. The molecule has 1 atom stereocenters. The first-order chi connectivity index (χ1) is 17.0. The van der Waals surface area contributed by atoms with Crippen LogP contribution < -0.4 is 11.1 Å². The van der Waals surface area contributed by atoms with Crippen LogP contribution in [0.25, 0.3) is 11.3 Å². The number of alkyl halides is 3. The Morgan fingerprint density at radius 1 is 1.25 bits per heavy atom. The fourth-order valence-electron chi connectivity index (χ4n) is 4.62. The quantitative estimate of drug-likeness (QED) is 0.487. The van der Waals surface area contributed by atoms with Gasteiger partial charge in [-0.3, -0.25) is 10.1 Å². The van der Waals surface area contributed by atoms with Crippen molar-refractivity contribution in [1.82, 2.24) is 14.7 Å². The number of nitrogens with zero attached hydrogens (tertiary/aromatic N) is 3. The first-order valence-electron chi connectivity index (χ1n) is 10.7. The van der Waals surface area contributed by atoms with E-state index in [1.807, 2.05) is 0 Å². The highest BCUT2D eigenvalue weighted by Crippen LogP contribution is 2.45. The van der Waals surface area contributed by atoms with Crippen molar-refractivity contribution in [1.29, 1.82) is 0 Å². The monoisotopic (exact) mass is 523 g/mol. The van der Waals surface area contributed by atoms with E-state index in [2.05, 4.69) is 10.4 Å². The predicted molar refractivity (Wildman–Crippen MR) is 121 cm³/mol. The number of halogens is 5. The number of hydrogen-bond donors (Lipinski definition) is 2. The van der Waals surface area contributed by atoms with Crippen LogP contribution in [-0.2, 0) is 27.9 Å². The van der Waals surface area contributed by atoms with Gasteiger partial charge in [0.2, 0.25) is 5.91 Å². The molecule has 3 heterocycles. The fraction of sp³-hybridized carbons (Fsp3) is 0.261. The molecule has 1 aromatic heterocycles. The summed E-state index contributed by atoms with van der Waals surface area (Å²) in [5, 5.41) is 6.39. The number of fused-ring (bicyclic) bond motifs is 2. The number of benzene rings is 2. The van der Waals surface area contributed by atoms with Crippen molar-refractivity contribution < 1.29 is 31.9 Å². The maximum atomic E-state index is 14.9.